The van der Waals surface area contributed by atoms with Gasteiger partial charge in [0.05, 0.1) is 0 Å². The summed E-state index contributed by atoms with van der Waals surface area (Å²) in [5, 5.41) is 11.2. The highest BCUT2D eigenvalue weighted by Gasteiger charge is 2.42. The zero-order chi connectivity index (χ0) is 13.2. The van der Waals surface area contributed by atoms with E-state index in [-0.39, 0.29) is 0 Å². The first-order chi connectivity index (χ1) is 8.60. The maximum Gasteiger partial charge on any atom is 0.135 e. The van der Waals surface area contributed by atoms with Gasteiger partial charge < -0.3 is 0 Å². The third-order valence-electron chi connectivity index (χ3n) is 3.37. The Morgan fingerprint density at radius 1 is 1.28 bits per heavy atom. The van der Waals surface area contributed by atoms with Crippen LogP contribution in [-0.4, -0.2) is 9.96 Å². The molecule has 4 heteroatoms. The molecule has 0 N–H and O–H groups in total. The summed E-state index contributed by atoms with van der Waals surface area (Å²) in [6, 6.07) is 9.75. The topological polar surface area (TPSA) is 40.9 Å². The molecule has 0 aliphatic carbocycles. The van der Waals surface area contributed by atoms with Gasteiger partial charge in [0, 0.05) is 16.6 Å². The number of hydrogen-bond acceptors (Lipinski definition) is 3. The van der Waals surface area contributed by atoms with Gasteiger partial charge in [0.15, 0.2) is 0 Å². The van der Waals surface area contributed by atoms with Crippen molar-refractivity contribution in [2.75, 3.05) is 5.75 Å². The normalized spacial score (nSPS) is 27.9. The van der Waals surface area contributed by atoms with E-state index in [1.54, 1.807) is 0 Å². The second-order valence-corrected chi connectivity index (χ2v) is 7.56. The average Bonchev–Trinajstić information content (AvgIpc) is 2.37. The van der Waals surface area contributed by atoms with Crippen LogP contribution in [0.5, 0.6) is 0 Å². The Hall–Kier alpha value is -1.05. The SMILES string of the molecule is CC1=C(C)CC(SC#N)(c2ccccc2)S(=O)C1. The van der Waals surface area contributed by atoms with E-state index >= 15 is 0 Å². The van der Waals surface area contributed by atoms with Crippen LogP contribution in [0, 0.1) is 10.7 Å². The van der Waals surface area contributed by atoms with Gasteiger partial charge in [-0.3, -0.25) is 4.21 Å². The Morgan fingerprint density at radius 2 is 1.94 bits per heavy atom. The molecular weight excluding hydrogens is 262 g/mol. The van der Waals surface area contributed by atoms with Gasteiger partial charge in [-0.1, -0.05) is 41.5 Å². The highest BCUT2D eigenvalue weighted by atomic mass is 32.2. The third-order valence-corrected chi connectivity index (χ3v) is 6.79. The molecule has 0 radical (unpaired) electrons. The summed E-state index contributed by atoms with van der Waals surface area (Å²) in [5.41, 5.74) is 3.43. The first-order valence-corrected chi connectivity index (χ1v) is 7.90. The molecule has 1 aliphatic heterocycles. The van der Waals surface area contributed by atoms with Crippen LogP contribution in [0.4, 0.5) is 0 Å². The predicted octanol–water partition coefficient (Wildman–Crippen LogP) is 3.54. The van der Waals surface area contributed by atoms with Crippen molar-refractivity contribution in [1.29, 1.82) is 5.26 Å². The van der Waals surface area contributed by atoms with Crippen molar-refractivity contribution >= 4 is 22.6 Å². The molecule has 0 aromatic heterocycles. The molecule has 2 atom stereocenters. The van der Waals surface area contributed by atoms with Crippen molar-refractivity contribution in [2.45, 2.75) is 24.3 Å². The van der Waals surface area contributed by atoms with Crippen molar-refractivity contribution < 1.29 is 4.21 Å². The van der Waals surface area contributed by atoms with Gasteiger partial charge >= 0.3 is 0 Å². The zero-order valence-electron chi connectivity index (χ0n) is 10.5. The second-order valence-electron chi connectivity index (χ2n) is 4.54. The number of benzene rings is 1. The quantitative estimate of drug-likeness (QED) is 0.613. The fraction of sp³-hybridized carbons (Fsp3) is 0.357. The lowest BCUT2D eigenvalue weighted by Crippen LogP contribution is -2.33. The molecule has 2 nitrogen and oxygen atoms in total. The number of allylic oxidation sites excluding steroid dienone is 1. The van der Waals surface area contributed by atoms with Crippen LogP contribution in [0.15, 0.2) is 41.5 Å². The lowest BCUT2D eigenvalue weighted by molar-refractivity contribution is 0.658. The van der Waals surface area contributed by atoms with Crippen molar-refractivity contribution in [3.05, 3.63) is 47.0 Å². The summed E-state index contributed by atoms with van der Waals surface area (Å²) < 4.78 is 12.0. The van der Waals surface area contributed by atoms with E-state index in [4.69, 9.17) is 5.26 Å². The van der Waals surface area contributed by atoms with E-state index in [1.165, 1.54) is 11.1 Å². The Kier molecular flexibility index (Phi) is 3.94. The van der Waals surface area contributed by atoms with Crippen LogP contribution in [0.3, 0.4) is 0 Å². The monoisotopic (exact) mass is 277 g/mol. The first-order valence-electron chi connectivity index (χ1n) is 5.76. The summed E-state index contributed by atoms with van der Waals surface area (Å²) in [5.74, 6) is 0.565. The van der Waals surface area contributed by atoms with E-state index in [2.05, 4.69) is 12.3 Å². The minimum Gasteiger partial charge on any atom is -0.257 e. The van der Waals surface area contributed by atoms with Crippen LogP contribution in [-0.2, 0) is 14.9 Å². The molecule has 0 saturated heterocycles. The zero-order valence-corrected chi connectivity index (χ0v) is 12.1. The first kappa shape index (κ1) is 13.4. The molecule has 2 unspecified atom stereocenters. The van der Waals surface area contributed by atoms with E-state index in [0.29, 0.717) is 12.2 Å². The molecular formula is C14H15NOS2. The number of rotatable bonds is 2. The Bertz CT molecular complexity index is 545. The summed E-state index contributed by atoms with van der Waals surface area (Å²) in [4.78, 5) is 0. The molecule has 0 saturated carbocycles. The van der Waals surface area contributed by atoms with Crippen molar-refractivity contribution in [2.24, 2.45) is 0 Å². The Morgan fingerprint density at radius 3 is 2.56 bits per heavy atom. The van der Waals surface area contributed by atoms with Crippen molar-refractivity contribution in [3.63, 3.8) is 0 Å². The molecule has 1 aromatic rings. The maximum absolute atomic E-state index is 12.6. The van der Waals surface area contributed by atoms with E-state index in [0.717, 1.165) is 17.3 Å². The number of nitrogens with zero attached hydrogens (tertiary/aromatic N) is 1. The standard InChI is InChI=1S/C14H15NOS2/c1-11-8-14(17-10-15,18(16)9-12(11)2)13-6-4-3-5-7-13/h3-7H,8-9H2,1-2H3. The molecule has 1 aliphatic rings. The lowest BCUT2D eigenvalue weighted by Gasteiger charge is -2.35. The molecule has 0 fully saturated rings. The molecule has 1 aromatic carbocycles. The van der Waals surface area contributed by atoms with Crippen molar-refractivity contribution in [1.82, 2.24) is 0 Å². The molecule has 0 spiro atoms. The van der Waals surface area contributed by atoms with Crippen LogP contribution >= 0.6 is 11.8 Å². The van der Waals surface area contributed by atoms with Gasteiger partial charge in [-0.2, -0.15) is 5.26 Å². The third kappa shape index (κ3) is 2.25. The fourth-order valence-corrected chi connectivity index (χ4v) is 5.16. The van der Waals surface area contributed by atoms with Gasteiger partial charge in [-0.05, 0) is 37.6 Å². The Balaban J connectivity index is 2.53. The van der Waals surface area contributed by atoms with Crippen LogP contribution in [0.25, 0.3) is 0 Å². The number of hydrogen-bond donors (Lipinski definition) is 0. The molecule has 0 amide bonds. The minimum atomic E-state index is -1.06. The molecule has 1 heterocycles. The van der Waals surface area contributed by atoms with Gasteiger partial charge in [0.1, 0.15) is 9.48 Å². The fourth-order valence-electron chi connectivity index (χ4n) is 2.16. The van der Waals surface area contributed by atoms with Gasteiger partial charge in [0.2, 0.25) is 0 Å². The highest BCUT2D eigenvalue weighted by molar-refractivity contribution is 8.14. The summed E-state index contributed by atoms with van der Waals surface area (Å²) >= 11 is 1.14. The Labute approximate surface area is 115 Å². The van der Waals surface area contributed by atoms with Gasteiger partial charge in [0.25, 0.3) is 0 Å². The van der Waals surface area contributed by atoms with Gasteiger partial charge in [-0.15, -0.1) is 0 Å². The number of thiocyanates is 1. The second kappa shape index (κ2) is 5.29. The number of nitriles is 1. The van der Waals surface area contributed by atoms with Crippen LogP contribution < -0.4 is 0 Å². The highest BCUT2D eigenvalue weighted by Crippen LogP contribution is 2.47. The molecule has 18 heavy (non-hydrogen) atoms. The van der Waals surface area contributed by atoms with E-state index in [9.17, 15) is 4.21 Å². The van der Waals surface area contributed by atoms with E-state index in [1.807, 2.05) is 37.3 Å². The largest absolute Gasteiger partial charge is 0.257 e. The van der Waals surface area contributed by atoms with Crippen molar-refractivity contribution in [3.8, 4) is 5.40 Å². The maximum atomic E-state index is 12.6. The average molecular weight is 277 g/mol. The molecule has 0 bridgehead atoms. The lowest BCUT2D eigenvalue weighted by atomic mass is 10.0. The van der Waals surface area contributed by atoms with E-state index < -0.39 is 14.9 Å². The van der Waals surface area contributed by atoms with Crippen LogP contribution in [0.2, 0.25) is 0 Å². The van der Waals surface area contributed by atoms with Crippen LogP contribution in [0.1, 0.15) is 25.8 Å². The predicted molar refractivity (Wildman–Crippen MR) is 77.3 cm³/mol. The number of thioether (sulfide) groups is 1. The summed E-state index contributed by atoms with van der Waals surface area (Å²) in [6.45, 7) is 4.10. The van der Waals surface area contributed by atoms with Gasteiger partial charge in [-0.25, -0.2) is 0 Å². The summed E-state index contributed by atoms with van der Waals surface area (Å²) in [6.07, 6.45) is 0.688. The molecule has 94 valence electrons. The molecule has 2 rings (SSSR count). The minimum absolute atomic E-state index is 0.565. The smallest absolute Gasteiger partial charge is 0.135 e. The summed E-state index contributed by atoms with van der Waals surface area (Å²) in [7, 11) is -1.06.